The summed E-state index contributed by atoms with van der Waals surface area (Å²) in [6.45, 7) is 5.34. The van der Waals surface area contributed by atoms with Crippen LogP contribution in [0.3, 0.4) is 0 Å². The van der Waals surface area contributed by atoms with E-state index >= 15 is 0 Å². The molecule has 1 aromatic carbocycles. The summed E-state index contributed by atoms with van der Waals surface area (Å²) in [6.07, 6.45) is 3.59. The number of fused-ring (bicyclic) bond motifs is 1. The van der Waals surface area contributed by atoms with Gasteiger partial charge in [0, 0.05) is 36.6 Å². The molecule has 0 spiro atoms. The van der Waals surface area contributed by atoms with Crippen molar-refractivity contribution in [1.29, 1.82) is 0 Å². The van der Waals surface area contributed by atoms with E-state index < -0.39 is 0 Å². The summed E-state index contributed by atoms with van der Waals surface area (Å²) in [7, 11) is 0. The van der Waals surface area contributed by atoms with Crippen LogP contribution < -0.4 is 4.90 Å². The van der Waals surface area contributed by atoms with Gasteiger partial charge >= 0.3 is 0 Å². The summed E-state index contributed by atoms with van der Waals surface area (Å²) in [5, 5.41) is 15.4. The topological polar surface area (TPSA) is 71.6 Å². The predicted octanol–water partition coefficient (Wildman–Crippen LogP) is 3.65. The van der Waals surface area contributed by atoms with Gasteiger partial charge in [0.2, 0.25) is 0 Å². The summed E-state index contributed by atoms with van der Waals surface area (Å²) >= 11 is 6.71. The van der Waals surface area contributed by atoms with Crippen LogP contribution in [0.1, 0.15) is 19.4 Å². The molecule has 136 valence electrons. The third kappa shape index (κ3) is 2.94. The van der Waals surface area contributed by atoms with Crippen molar-refractivity contribution in [3.05, 3.63) is 41.2 Å². The highest BCUT2D eigenvalue weighted by atomic mass is 35.5. The number of ether oxygens (including phenoxy) is 1. The molecule has 0 amide bonds. The van der Waals surface area contributed by atoms with Crippen molar-refractivity contribution in [2.75, 3.05) is 18.0 Å². The molecule has 26 heavy (non-hydrogen) atoms. The number of aliphatic hydroxyl groups excluding tert-OH is 1. The van der Waals surface area contributed by atoms with E-state index in [1.165, 1.54) is 0 Å². The zero-order valence-corrected chi connectivity index (χ0v) is 15.4. The second-order valence-electron chi connectivity index (χ2n) is 6.67. The molecule has 0 saturated carbocycles. The fourth-order valence-corrected chi connectivity index (χ4v) is 3.99. The quantitative estimate of drug-likeness (QED) is 0.755. The largest absolute Gasteiger partial charge is 0.392 e. The van der Waals surface area contributed by atoms with E-state index in [2.05, 4.69) is 15.0 Å². The number of hydrogen-bond donors (Lipinski definition) is 1. The van der Waals surface area contributed by atoms with Gasteiger partial charge in [-0.1, -0.05) is 16.8 Å². The van der Waals surface area contributed by atoms with Crippen molar-refractivity contribution in [3.63, 3.8) is 0 Å². The van der Waals surface area contributed by atoms with E-state index in [9.17, 15) is 5.11 Å². The summed E-state index contributed by atoms with van der Waals surface area (Å²) in [5.74, 6) is 0. The van der Waals surface area contributed by atoms with Crippen molar-refractivity contribution in [1.82, 2.24) is 10.1 Å². The average molecular weight is 374 g/mol. The average Bonchev–Trinajstić information content (AvgIpc) is 3.05. The van der Waals surface area contributed by atoms with Crippen molar-refractivity contribution in [2.45, 2.75) is 32.7 Å². The number of nitrogens with zero attached hydrogens (tertiary/aromatic N) is 3. The standard InChI is InChI=1S/C19H20ClN3O3/c1-11-8-23(9-12(2)25-11)18-14(10-24)6-15-17(13-4-3-5-21-7-13)22-26-19(15)16(18)20/h3-7,11-12,24H,8-10H2,1-2H3. The number of aliphatic hydroxyl groups is 1. The molecule has 0 radical (unpaired) electrons. The Balaban J connectivity index is 1.86. The molecule has 2 aromatic heterocycles. The first kappa shape index (κ1) is 17.3. The van der Waals surface area contributed by atoms with Crippen molar-refractivity contribution in [3.8, 4) is 11.3 Å². The maximum absolute atomic E-state index is 9.98. The Morgan fingerprint density at radius 3 is 2.73 bits per heavy atom. The van der Waals surface area contributed by atoms with Crippen LogP contribution in [0.5, 0.6) is 0 Å². The maximum Gasteiger partial charge on any atom is 0.188 e. The van der Waals surface area contributed by atoms with Gasteiger partial charge in [0.15, 0.2) is 5.58 Å². The third-order valence-corrected chi connectivity index (χ3v) is 4.95. The fraction of sp³-hybridized carbons (Fsp3) is 0.368. The Labute approximate surface area is 156 Å². The molecule has 1 aliphatic heterocycles. The van der Waals surface area contributed by atoms with E-state index in [1.807, 2.05) is 32.0 Å². The molecule has 7 heteroatoms. The van der Waals surface area contributed by atoms with Gasteiger partial charge in [-0.2, -0.15) is 0 Å². The van der Waals surface area contributed by atoms with Crippen LogP contribution in [0.25, 0.3) is 22.2 Å². The number of morpholine rings is 1. The minimum absolute atomic E-state index is 0.0812. The number of rotatable bonds is 3. The first-order chi connectivity index (χ1) is 12.6. The Hall–Kier alpha value is -2.15. The molecule has 0 aliphatic carbocycles. The molecule has 3 heterocycles. The van der Waals surface area contributed by atoms with Gasteiger partial charge in [0.25, 0.3) is 0 Å². The highest BCUT2D eigenvalue weighted by Gasteiger charge is 2.28. The van der Waals surface area contributed by atoms with E-state index in [0.717, 1.165) is 22.2 Å². The van der Waals surface area contributed by atoms with Crippen LogP contribution in [0.4, 0.5) is 5.69 Å². The summed E-state index contributed by atoms with van der Waals surface area (Å²) < 4.78 is 11.4. The molecule has 1 N–H and O–H groups in total. The lowest BCUT2D eigenvalue weighted by Crippen LogP contribution is -2.46. The van der Waals surface area contributed by atoms with Crippen LogP contribution >= 0.6 is 11.6 Å². The van der Waals surface area contributed by atoms with Crippen LogP contribution in [0.2, 0.25) is 5.02 Å². The van der Waals surface area contributed by atoms with E-state index in [1.54, 1.807) is 12.4 Å². The Morgan fingerprint density at radius 1 is 1.31 bits per heavy atom. The molecular formula is C19H20ClN3O3. The molecule has 1 aliphatic rings. The molecule has 2 unspecified atom stereocenters. The second-order valence-corrected chi connectivity index (χ2v) is 7.05. The van der Waals surface area contributed by atoms with Crippen LogP contribution in [-0.4, -0.2) is 40.5 Å². The summed E-state index contributed by atoms with van der Waals surface area (Å²) in [5.41, 5.74) is 3.56. The summed E-state index contributed by atoms with van der Waals surface area (Å²) in [4.78, 5) is 6.29. The monoisotopic (exact) mass is 373 g/mol. The fourth-order valence-electron chi connectivity index (χ4n) is 3.61. The highest BCUT2D eigenvalue weighted by Crippen LogP contribution is 2.41. The first-order valence-corrected chi connectivity index (χ1v) is 8.98. The SMILES string of the molecule is CC1CN(c2c(CO)cc3c(-c4cccnc4)noc3c2Cl)CC(C)O1. The normalized spacial score (nSPS) is 20.7. The highest BCUT2D eigenvalue weighted by molar-refractivity contribution is 6.38. The van der Waals surface area contributed by atoms with Crippen LogP contribution in [0.15, 0.2) is 35.1 Å². The maximum atomic E-state index is 9.98. The molecule has 2 atom stereocenters. The van der Waals surface area contributed by atoms with Gasteiger partial charge in [-0.25, -0.2) is 0 Å². The number of aromatic nitrogens is 2. The van der Waals surface area contributed by atoms with Crippen LogP contribution in [-0.2, 0) is 11.3 Å². The zero-order chi connectivity index (χ0) is 18.3. The lowest BCUT2D eigenvalue weighted by Gasteiger charge is -2.38. The molecule has 1 fully saturated rings. The van der Waals surface area contributed by atoms with Gasteiger partial charge < -0.3 is 19.3 Å². The number of benzene rings is 1. The molecule has 6 nitrogen and oxygen atoms in total. The van der Waals surface area contributed by atoms with Crippen molar-refractivity contribution in [2.24, 2.45) is 0 Å². The number of halogens is 1. The number of pyridine rings is 1. The van der Waals surface area contributed by atoms with Crippen LogP contribution in [0, 0.1) is 0 Å². The van der Waals surface area contributed by atoms with E-state index in [-0.39, 0.29) is 18.8 Å². The Bertz CT molecular complexity index is 919. The Kier molecular flexibility index (Phi) is 4.56. The van der Waals surface area contributed by atoms with Gasteiger partial charge in [-0.15, -0.1) is 0 Å². The predicted molar refractivity (Wildman–Crippen MR) is 100 cm³/mol. The van der Waals surface area contributed by atoms with Gasteiger partial charge in [-0.3, -0.25) is 4.98 Å². The molecule has 0 bridgehead atoms. The smallest absolute Gasteiger partial charge is 0.188 e. The minimum atomic E-state index is -0.122. The van der Waals surface area contributed by atoms with E-state index in [0.29, 0.717) is 29.4 Å². The third-order valence-electron chi connectivity index (χ3n) is 4.60. The summed E-state index contributed by atoms with van der Waals surface area (Å²) in [6, 6.07) is 5.66. The molecule has 3 aromatic rings. The van der Waals surface area contributed by atoms with Gasteiger partial charge in [-0.05, 0) is 32.0 Å². The van der Waals surface area contributed by atoms with Gasteiger partial charge in [0.1, 0.15) is 10.7 Å². The lowest BCUT2D eigenvalue weighted by atomic mass is 10.0. The van der Waals surface area contributed by atoms with Crippen molar-refractivity contribution < 1.29 is 14.4 Å². The van der Waals surface area contributed by atoms with Gasteiger partial charge in [0.05, 0.1) is 29.9 Å². The number of anilines is 1. The Morgan fingerprint density at radius 2 is 2.08 bits per heavy atom. The minimum Gasteiger partial charge on any atom is -0.392 e. The lowest BCUT2D eigenvalue weighted by molar-refractivity contribution is -0.00531. The molecule has 1 saturated heterocycles. The molecule has 4 rings (SSSR count). The second kappa shape index (κ2) is 6.87. The van der Waals surface area contributed by atoms with Crippen molar-refractivity contribution >= 4 is 28.3 Å². The molecular weight excluding hydrogens is 354 g/mol. The van der Waals surface area contributed by atoms with E-state index in [4.69, 9.17) is 20.9 Å². The number of hydrogen-bond acceptors (Lipinski definition) is 6. The first-order valence-electron chi connectivity index (χ1n) is 8.61. The zero-order valence-electron chi connectivity index (χ0n) is 14.6.